The van der Waals surface area contributed by atoms with Crippen LogP contribution in [0.25, 0.3) is 0 Å². The Kier molecular flexibility index (Phi) is 4.51. The molecule has 7 heteroatoms. The van der Waals surface area contributed by atoms with Crippen LogP contribution in [0.1, 0.15) is 18.9 Å². The molecule has 1 saturated heterocycles. The third-order valence-corrected chi connectivity index (χ3v) is 3.30. The van der Waals surface area contributed by atoms with Crippen molar-refractivity contribution in [2.24, 2.45) is 10.9 Å². The van der Waals surface area contributed by atoms with Crippen LogP contribution in [-0.2, 0) is 0 Å². The summed E-state index contributed by atoms with van der Waals surface area (Å²) in [7, 11) is 0. The van der Waals surface area contributed by atoms with Crippen LogP contribution in [-0.4, -0.2) is 58.9 Å². The molecule has 0 aliphatic carbocycles. The molecule has 0 aromatic carbocycles. The Bertz CT molecular complexity index is 442. The average molecular weight is 264 g/mol. The van der Waals surface area contributed by atoms with Gasteiger partial charge in [0.1, 0.15) is 0 Å². The normalized spacial score (nSPS) is 17.7. The van der Waals surface area contributed by atoms with Crippen molar-refractivity contribution in [3.05, 3.63) is 17.8 Å². The summed E-state index contributed by atoms with van der Waals surface area (Å²) in [6, 6.07) is 1.72. The number of hydrogen-bond donors (Lipinski definition) is 2. The van der Waals surface area contributed by atoms with Crippen LogP contribution in [0.5, 0.6) is 0 Å². The molecule has 0 atom stereocenters. The molecule has 1 aromatic heterocycles. The molecule has 3 N–H and O–H groups in total. The Balaban J connectivity index is 2.11. The van der Waals surface area contributed by atoms with Gasteiger partial charge >= 0.3 is 0 Å². The van der Waals surface area contributed by atoms with E-state index in [2.05, 4.69) is 32.1 Å². The molecular weight excluding hydrogens is 244 g/mol. The van der Waals surface area contributed by atoms with Crippen molar-refractivity contribution in [3.63, 3.8) is 0 Å². The fraction of sp³-hybridized carbons (Fsp3) is 0.583. The first-order chi connectivity index (χ1) is 9.26. The zero-order valence-corrected chi connectivity index (χ0v) is 11.2. The number of hydrogen-bond acceptors (Lipinski definition) is 6. The number of aromatic nitrogens is 2. The molecule has 1 fully saturated rings. The maximum atomic E-state index is 8.81. The molecule has 0 saturated carbocycles. The van der Waals surface area contributed by atoms with Gasteiger partial charge in [-0.25, -0.2) is 0 Å². The van der Waals surface area contributed by atoms with E-state index < -0.39 is 0 Å². The van der Waals surface area contributed by atoms with Crippen LogP contribution in [0.3, 0.4) is 0 Å². The first-order valence-corrected chi connectivity index (χ1v) is 6.53. The van der Waals surface area contributed by atoms with E-state index >= 15 is 0 Å². The predicted molar refractivity (Wildman–Crippen MR) is 73.5 cm³/mol. The molecule has 19 heavy (non-hydrogen) atoms. The van der Waals surface area contributed by atoms with Crippen LogP contribution in [0.4, 0.5) is 5.82 Å². The van der Waals surface area contributed by atoms with Crippen molar-refractivity contribution in [1.82, 2.24) is 15.1 Å². The molecule has 7 nitrogen and oxygen atoms in total. The van der Waals surface area contributed by atoms with Gasteiger partial charge in [-0.3, -0.25) is 4.90 Å². The van der Waals surface area contributed by atoms with Gasteiger partial charge < -0.3 is 15.8 Å². The molecule has 1 aliphatic rings. The number of nitrogens with two attached hydrogens (primary N) is 1. The van der Waals surface area contributed by atoms with Crippen molar-refractivity contribution in [2.45, 2.75) is 13.3 Å². The summed E-state index contributed by atoms with van der Waals surface area (Å²) in [6.07, 6.45) is 2.71. The summed E-state index contributed by atoms with van der Waals surface area (Å²) in [5, 5.41) is 19.9. The van der Waals surface area contributed by atoms with Crippen LogP contribution in [0, 0.1) is 0 Å². The monoisotopic (exact) mass is 264 g/mol. The van der Waals surface area contributed by atoms with E-state index in [-0.39, 0.29) is 5.84 Å². The number of oxime groups is 1. The van der Waals surface area contributed by atoms with E-state index in [1.54, 1.807) is 12.3 Å². The molecular formula is C12H20N6O. The van der Waals surface area contributed by atoms with Gasteiger partial charge in [-0.2, -0.15) is 5.10 Å². The summed E-state index contributed by atoms with van der Waals surface area (Å²) >= 11 is 0. The van der Waals surface area contributed by atoms with Crippen LogP contribution in [0.15, 0.2) is 17.4 Å². The Morgan fingerprint density at radius 1 is 1.42 bits per heavy atom. The zero-order valence-electron chi connectivity index (χ0n) is 11.2. The van der Waals surface area contributed by atoms with Gasteiger partial charge in [0.15, 0.2) is 11.7 Å². The van der Waals surface area contributed by atoms with Gasteiger partial charge in [0.25, 0.3) is 0 Å². The maximum Gasteiger partial charge on any atom is 0.173 e. The fourth-order valence-electron chi connectivity index (χ4n) is 2.31. The van der Waals surface area contributed by atoms with Crippen molar-refractivity contribution >= 4 is 11.7 Å². The summed E-state index contributed by atoms with van der Waals surface area (Å²) in [6.45, 7) is 7.07. The van der Waals surface area contributed by atoms with Crippen LogP contribution in [0.2, 0.25) is 0 Å². The molecule has 0 spiro atoms. The number of rotatable bonds is 4. The molecule has 0 unspecified atom stereocenters. The van der Waals surface area contributed by atoms with Crippen molar-refractivity contribution < 1.29 is 5.21 Å². The van der Waals surface area contributed by atoms with Crippen LogP contribution >= 0.6 is 0 Å². The third-order valence-electron chi connectivity index (χ3n) is 3.30. The topological polar surface area (TPSA) is 90.9 Å². The number of piperazine rings is 1. The van der Waals surface area contributed by atoms with Gasteiger partial charge in [0, 0.05) is 26.2 Å². The standard InChI is InChI=1S/C12H20N6O/c1-2-5-17-6-8-18(9-7-17)12-10(11(13)16-19)3-4-14-15-12/h3-4,19H,2,5-9H2,1H3,(H2,13,16). The quantitative estimate of drug-likeness (QED) is 0.347. The second kappa shape index (κ2) is 6.33. The van der Waals surface area contributed by atoms with E-state index in [4.69, 9.17) is 10.9 Å². The Labute approximate surface area is 112 Å². The van der Waals surface area contributed by atoms with Gasteiger partial charge in [-0.05, 0) is 19.0 Å². The minimum absolute atomic E-state index is 0.0703. The van der Waals surface area contributed by atoms with E-state index in [9.17, 15) is 0 Å². The molecule has 2 heterocycles. The number of anilines is 1. The first kappa shape index (κ1) is 13.5. The first-order valence-electron chi connectivity index (χ1n) is 6.53. The summed E-state index contributed by atoms with van der Waals surface area (Å²) in [4.78, 5) is 4.56. The SMILES string of the molecule is CCCN1CCN(c2nnccc2/C(N)=N/O)CC1. The minimum Gasteiger partial charge on any atom is -0.409 e. The highest BCUT2D eigenvalue weighted by Crippen LogP contribution is 2.17. The summed E-state index contributed by atoms with van der Waals surface area (Å²) in [5.74, 6) is 0.759. The average Bonchev–Trinajstić information content (AvgIpc) is 2.47. The number of amidine groups is 1. The second-order valence-corrected chi connectivity index (χ2v) is 4.58. The van der Waals surface area contributed by atoms with Crippen molar-refractivity contribution in [2.75, 3.05) is 37.6 Å². The molecule has 0 amide bonds. The molecule has 0 radical (unpaired) electrons. The molecule has 2 rings (SSSR count). The lowest BCUT2D eigenvalue weighted by molar-refractivity contribution is 0.257. The predicted octanol–water partition coefficient (Wildman–Crippen LogP) is 0.103. The van der Waals surface area contributed by atoms with E-state index in [0.717, 1.165) is 32.7 Å². The Hall–Kier alpha value is -1.89. The Morgan fingerprint density at radius 3 is 2.79 bits per heavy atom. The highest BCUT2D eigenvalue weighted by molar-refractivity contribution is 6.01. The van der Waals surface area contributed by atoms with E-state index in [1.165, 1.54) is 6.42 Å². The lowest BCUT2D eigenvalue weighted by atomic mass is 10.2. The van der Waals surface area contributed by atoms with Crippen LogP contribution < -0.4 is 10.6 Å². The molecule has 0 bridgehead atoms. The highest BCUT2D eigenvalue weighted by atomic mass is 16.4. The molecule has 1 aromatic rings. The van der Waals surface area contributed by atoms with E-state index in [0.29, 0.717) is 11.4 Å². The lowest BCUT2D eigenvalue weighted by Crippen LogP contribution is -2.47. The lowest BCUT2D eigenvalue weighted by Gasteiger charge is -2.35. The smallest absolute Gasteiger partial charge is 0.173 e. The van der Waals surface area contributed by atoms with Gasteiger partial charge in [-0.15, -0.1) is 5.10 Å². The largest absolute Gasteiger partial charge is 0.409 e. The van der Waals surface area contributed by atoms with Crippen molar-refractivity contribution in [1.29, 1.82) is 0 Å². The third kappa shape index (κ3) is 3.11. The molecule has 104 valence electrons. The summed E-state index contributed by atoms with van der Waals surface area (Å²) < 4.78 is 0. The van der Waals surface area contributed by atoms with Gasteiger partial charge in [0.2, 0.25) is 0 Å². The minimum atomic E-state index is 0.0703. The maximum absolute atomic E-state index is 8.81. The zero-order chi connectivity index (χ0) is 13.7. The van der Waals surface area contributed by atoms with Crippen molar-refractivity contribution in [3.8, 4) is 0 Å². The molecule has 1 aliphatic heterocycles. The Morgan fingerprint density at radius 2 is 2.16 bits per heavy atom. The van der Waals surface area contributed by atoms with Gasteiger partial charge in [-0.1, -0.05) is 12.1 Å². The second-order valence-electron chi connectivity index (χ2n) is 4.58. The fourth-order valence-corrected chi connectivity index (χ4v) is 2.31. The summed E-state index contributed by atoms with van der Waals surface area (Å²) in [5.41, 5.74) is 6.30. The van der Waals surface area contributed by atoms with E-state index in [1.807, 2.05) is 0 Å². The van der Waals surface area contributed by atoms with Gasteiger partial charge in [0.05, 0.1) is 11.8 Å². The number of nitrogens with zero attached hydrogens (tertiary/aromatic N) is 5. The highest BCUT2D eigenvalue weighted by Gasteiger charge is 2.21.